The summed E-state index contributed by atoms with van der Waals surface area (Å²) in [7, 11) is 0. The maximum absolute atomic E-state index is 12.9. The lowest BCUT2D eigenvalue weighted by molar-refractivity contribution is 0.555. The third kappa shape index (κ3) is 4.60. The van der Waals surface area contributed by atoms with Crippen LogP contribution in [-0.4, -0.2) is 11.0 Å². The van der Waals surface area contributed by atoms with Crippen LogP contribution in [0, 0.1) is 5.95 Å². The summed E-state index contributed by atoms with van der Waals surface area (Å²) < 4.78 is 12.9. The third-order valence-electron chi connectivity index (χ3n) is 2.61. The van der Waals surface area contributed by atoms with E-state index < -0.39 is 5.95 Å². The number of unbranched alkanes of at least 4 members (excludes halogenated alkanes) is 1. The van der Waals surface area contributed by atoms with Gasteiger partial charge in [0.2, 0.25) is 5.95 Å². The standard InChI is InChI=1S/C13H21FN2/c1-3-5-8-11(7-4-2)15-13-10-6-9-12(14)16-13/h6,9-11H,3-5,7-8H2,1-2H3,(H,15,16). The predicted octanol–water partition coefficient (Wildman–Crippen LogP) is 3.99. The SMILES string of the molecule is CCCCC(CCC)Nc1cccc(F)n1. The molecule has 90 valence electrons. The number of nitrogens with zero attached hydrogens (tertiary/aromatic N) is 1. The van der Waals surface area contributed by atoms with Gasteiger partial charge in [-0.1, -0.05) is 39.2 Å². The first kappa shape index (κ1) is 12.9. The molecule has 0 radical (unpaired) electrons. The van der Waals surface area contributed by atoms with E-state index in [0.717, 1.165) is 19.3 Å². The molecule has 0 aliphatic rings. The fourth-order valence-corrected chi connectivity index (χ4v) is 1.79. The predicted molar refractivity (Wildman–Crippen MR) is 66.0 cm³/mol. The smallest absolute Gasteiger partial charge is 0.214 e. The Morgan fingerprint density at radius 3 is 2.69 bits per heavy atom. The number of anilines is 1. The van der Waals surface area contributed by atoms with Gasteiger partial charge >= 0.3 is 0 Å². The molecule has 0 fully saturated rings. The van der Waals surface area contributed by atoms with E-state index in [1.165, 1.54) is 18.9 Å². The highest BCUT2D eigenvalue weighted by atomic mass is 19.1. The summed E-state index contributed by atoms with van der Waals surface area (Å²) in [5.74, 6) is 0.227. The number of halogens is 1. The summed E-state index contributed by atoms with van der Waals surface area (Å²) in [4.78, 5) is 3.83. The van der Waals surface area contributed by atoms with Crippen LogP contribution in [-0.2, 0) is 0 Å². The van der Waals surface area contributed by atoms with Gasteiger partial charge in [-0.2, -0.15) is 4.39 Å². The molecule has 2 nitrogen and oxygen atoms in total. The first-order valence-corrected chi connectivity index (χ1v) is 6.15. The topological polar surface area (TPSA) is 24.9 Å². The van der Waals surface area contributed by atoms with Crippen LogP contribution in [0.25, 0.3) is 0 Å². The average Bonchev–Trinajstić information content (AvgIpc) is 2.26. The van der Waals surface area contributed by atoms with Gasteiger partial charge in [-0.25, -0.2) is 4.98 Å². The van der Waals surface area contributed by atoms with E-state index in [4.69, 9.17) is 0 Å². The van der Waals surface area contributed by atoms with Crippen molar-refractivity contribution in [3.63, 3.8) is 0 Å². The van der Waals surface area contributed by atoms with E-state index >= 15 is 0 Å². The van der Waals surface area contributed by atoms with Crippen LogP contribution in [0.1, 0.15) is 46.0 Å². The van der Waals surface area contributed by atoms with Gasteiger partial charge in [0.25, 0.3) is 0 Å². The third-order valence-corrected chi connectivity index (χ3v) is 2.61. The minimum Gasteiger partial charge on any atom is -0.367 e. The van der Waals surface area contributed by atoms with Crippen molar-refractivity contribution in [1.29, 1.82) is 0 Å². The van der Waals surface area contributed by atoms with E-state index in [0.29, 0.717) is 11.9 Å². The van der Waals surface area contributed by atoms with Gasteiger partial charge < -0.3 is 5.32 Å². The number of nitrogens with one attached hydrogen (secondary N) is 1. The van der Waals surface area contributed by atoms with Gasteiger partial charge in [-0.3, -0.25) is 0 Å². The highest BCUT2D eigenvalue weighted by Crippen LogP contribution is 2.13. The largest absolute Gasteiger partial charge is 0.367 e. The molecule has 3 heteroatoms. The van der Waals surface area contributed by atoms with Crippen LogP contribution in [0.5, 0.6) is 0 Å². The van der Waals surface area contributed by atoms with Crippen LogP contribution in [0.3, 0.4) is 0 Å². The highest BCUT2D eigenvalue weighted by Gasteiger charge is 2.07. The van der Waals surface area contributed by atoms with Crippen molar-refractivity contribution >= 4 is 5.82 Å². The Balaban J connectivity index is 2.52. The van der Waals surface area contributed by atoms with E-state index in [-0.39, 0.29) is 0 Å². The van der Waals surface area contributed by atoms with Crippen molar-refractivity contribution in [3.8, 4) is 0 Å². The average molecular weight is 224 g/mol. The second-order valence-electron chi connectivity index (χ2n) is 4.12. The molecular formula is C13H21FN2. The molecule has 0 spiro atoms. The Kier molecular flexibility index (Phi) is 5.83. The lowest BCUT2D eigenvalue weighted by Gasteiger charge is -2.18. The Morgan fingerprint density at radius 2 is 2.06 bits per heavy atom. The molecule has 0 aliphatic carbocycles. The van der Waals surface area contributed by atoms with Crippen molar-refractivity contribution in [2.24, 2.45) is 0 Å². The normalized spacial score (nSPS) is 12.4. The Labute approximate surface area is 97.3 Å². The van der Waals surface area contributed by atoms with Crippen molar-refractivity contribution in [3.05, 3.63) is 24.1 Å². The van der Waals surface area contributed by atoms with Crippen LogP contribution in [0.15, 0.2) is 18.2 Å². The number of rotatable bonds is 7. The lowest BCUT2D eigenvalue weighted by atomic mass is 10.1. The van der Waals surface area contributed by atoms with Crippen molar-refractivity contribution in [2.45, 2.75) is 52.0 Å². The van der Waals surface area contributed by atoms with E-state index in [1.54, 1.807) is 6.07 Å². The second-order valence-corrected chi connectivity index (χ2v) is 4.12. The molecule has 0 amide bonds. The molecule has 1 aromatic heterocycles. The molecule has 0 saturated carbocycles. The minimum absolute atomic E-state index is 0.416. The Bertz CT molecular complexity index is 302. The van der Waals surface area contributed by atoms with Crippen LogP contribution >= 0.6 is 0 Å². The first-order chi connectivity index (χ1) is 7.76. The molecular weight excluding hydrogens is 203 g/mol. The summed E-state index contributed by atoms with van der Waals surface area (Å²) in [5, 5.41) is 3.30. The second kappa shape index (κ2) is 7.20. The van der Waals surface area contributed by atoms with Crippen LogP contribution in [0.4, 0.5) is 10.2 Å². The maximum Gasteiger partial charge on any atom is 0.214 e. The Morgan fingerprint density at radius 1 is 1.25 bits per heavy atom. The molecule has 1 heterocycles. The fourth-order valence-electron chi connectivity index (χ4n) is 1.79. The van der Waals surface area contributed by atoms with Gasteiger partial charge in [0.05, 0.1) is 0 Å². The number of aromatic nitrogens is 1. The monoisotopic (exact) mass is 224 g/mol. The minimum atomic E-state index is -0.421. The molecule has 1 N–H and O–H groups in total. The van der Waals surface area contributed by atoms with E-state index in [9.17, 15) is 4.39 Å². The van der Waals surface area contributed by atoms with Crippen LogP contribution < -0.4 is 5.32 Å². The summed E-state index contributed by atoms with van der Waals surface area (Å²) in [6.07, 6.45) is 5.77. The summed E-state index contributed by atoms with van der Waals surface area (Å²) in [5.41, 5.74) is 0. The first-order valence-electron chi connectivity index (χ1n) is 6.15. The zero-order valence-electron chi connectivity index (χ0n) is 10.2. The molecule has 1 atom stereocenters. The quantitative estimate of drug-likeness (QED) is 0.708. The van der Waals surface area contributed by atoms with Gasteiger partial charge in [-0.15, -0.1) is 0 Å². The van der Waals surface area contributed by atoms with Crippen LogP contribution in [0.2, 0.25) is 0 Å². The highest BCUT2D eigenvalue weighted by molar-refractivity contribution is 5.34. The molecule has 1 rings (SSSR count). The summed E-state index contributed by atoms with van der Waals surface area (Å²) in [6, 6.07) is 5.29. The molecule has 0 aromatic carbocycles. The molecule has 0 saturated heterocycles. The number of hydrogen-bond donors (Lipinski definition) is 1. The zero-order valence-corrected chi connectivity index (χ0v) is 10.2. The Hall–Kier alpha value is -1.12. The molecule has 16 heavy (non-hydrogen) atoms. The van der Waals surface area contributed by atoms with Gasteiger partial charge in [0.15, 0.2) is 0 Å². The van der Waals surface area contributed by atoms with Crippen molar-refractivity contribution in [1.82, 2.24) is 4.98 Å². The van der Waals surface area contributed by atoms with Gasteiger partial charge in [0.1, 0.15) is 5.82 Å². The molecule has 0 aliphatic heterocycles. The van der Waals surface area contributed by atoms with Gasteiger partial charge in [-0.05, 0) is 25.0 Å². The number of pyridine rings is 1. The van der Waals surface area contributed by atoms with E-state index in [2.05, 4.69) is 24.1 Å². The summed E-state index contributed by atoms with van der Waals surface area (Å²) in [6.45, 7) is 4.35. The fraction of sp³-hybridized carbons (Fsp3) is 0.615. The van der Waals surface area contributed by atoms with Crippen molar-refractivity contribution < 1.29 is 4.39 Å². The zero-order chi connectivity index (χ0) is 11.8. The van der Waals surface area contributed by atoms with Gasteiger partial charge in [0, 0.05) is 6.04 Å². The maximum atomic E-state index is 12.9. The number of hydrogen-bond acceptors (Lipinski definition) is 2. The van der Waals surface area contributed by atoms with Crippen molar-refractivity contribution in [2.75, 3.05) is 5.32 Å². The summed E-state index contributed by atoms with van der Waals surface area (Å²) >= 11 is 0. The molecule has 1 unspecified atom stereocenters. The van der Waals surface area contributed by atoms with E-state index in [1.807, 2.05) is 6.07 Å². The molecule has 0 bridgehead atoms. The molecule has 1 aromatic rings. The lowest BCUT2D eigenvalue weighted by Crippen LogP contribution is -2.20.